The summed E-state index contributed by atoms with van der Waals surface area (Å²) in [5, 5.41) is 14.3. The second kappa shape index (κ2) is 10.0. The Labute approximate surface area is 178 Å². The Morgan fingerprint density at radius 3 is 2.47 bits per heavy atom. The maximum atomic E-state index is 13.0. The van der Waals surface area contributed by atoms with E-state index in [9.17, 15) is 14.0 Å². The summed E-state index contributed by atoms with van der Waals surface area (Å²) in [6, 6.07) is 13.1. The zero-order valence-electron chi connectivity index (χ0n) is 16.7. The van der Waals surface area contributed by atoms with Crippen molar-refractivity contribution < 1.29 is 14.0 Å². The zero-order chi connectivity index (χ0) is 21.5. The molecule has 156 valence electrons. The highest BCUT2D eigenvalue weighted by molar-refractivity contribution is 7.99. The first-order chi connectivity index (χ1) is 14.4. The van der Waals surface area contributed by atoms with Gasteiger partial charge in [-0.15, -0.1) is 10.2 Å². The number of hydrogen-bond acceptors (Lipinski definition) is 5. The highest BCUT2D eigenvalue weighted by Gasteiger charge is 2.16. The predicted molar refractivity (Wildman–Crippen MR) is 115 cm³/mol. The third-order valence-corrected chi connectivity index (χ3v) is 5.16. The first kappa shape index (κ1) is 21.5. The van der Waals surface area contributed by atoms with E-state index in [4.69, 9.17) is 0 Å². The summed E-state index contributed by atoms with van der Waals surface area (Å²) < 4.78 is 14.8. The van der Waals surface area contributed by atoms with Gasteiger partial charge in [-0.25, -0.2) is 4.39 Å². The molecule has 3 rings (SSSR count). The van der Waals surface area contributed by atoms with Crippen LogP contribution in [0.5, 0.6) is 0 Å². The molecule has 30 heavy (non-hydrogen) atoms. The Bertz CT molecular complexity index is 1040. The van der Waals surface area contributed by atoms with E-state index in [0.717, 1.165) is 11.3 Å². The standard InChI is InChI=1S/C21H22FN5O2S/c1-3-27-18(12-19(28)23-16-9-7-15(22)8-10-16)25-26-21(27)30-13-20(29)24-17-6-4-5-14(2)11-17/h4-11H,3,12-13H2,1-2H3,(H,23,28)(H,24,29). The molecule has 2 aromatic carbocycles. The van der Waals surface area contributed by atoms with Crippen LogP contribution in [0.25, 0.3) is 0 Å². The number of benzene rings is 2. The number of anilines is 2. The fourth-order valence-corrected chi connectivity index (χ4v) is 3.63. The van der Waals surface area contributed by atoms with Gasteiger partial charge in [0.2, 0.25) is 11.8 Å². The molecule has 7 nitrogen and oxygen atoms in total. The van der Waals surface area contributed by atoms with Gasteiger partial charge in [0.25, 0.3) is 0 Å². The minimum absolute atomic E-state index is 0.0221. The molecule has 0 radical (unpaired) electrons. The Hall–Kier alpha value is -3.20. The summed E-state index contributed by atoms with van der Waals surface area (Å²) in [6.07, 6.45) is 0.0221. The maximum absolute atomic E-state index is 13.0. The molecule has 2 amide bonds. The number of carbonyl (C=O) groups is 2. The van der Waals surface area contributed by atoms with Crippen LogP contribution < -0.4 is 10.6 Å². The van der Waals surface area contributed by atoms with Crippen LogP contribution in [0.3, 0.4) is 0 Å². The SMILES string of the molecule is CCn1c(CC(=O)Nc2ccc(F)cc2)nnc1SCC(=O)Nc1cccc(C)c1. The normalized spacial score (nSPS) is 10.6. The molecule has 0 spiro atoms. The lowest BCUT2D eigenvalue weighted by Gasteiger charge is -2.09. The van der Waals surface area contributed by atoms with Crippen LogP contribution in [0.2, 0.25) is 0 Å². The van der Waals surface area contributed by atoms with Gasteiger partial charge in [0.1, 0.15) is 11.6 Å². The highest BCUT2D eigenvalue weighted by Crippen LogP contribution is 2.19. The van der Waals surface area contributed by atoms with Gasteiger partial charge in [-0.05, 0) is 55.8 Å². The highest BCUT2D eigenvalue weighted by atomic mass is 32.2. The summed E-state index contributed by atoms with van der Waals surface area (Å²) in [5.74, 6) is -0.122. The first-order valence-electron chi connectivity index (χ1n) is 9.41. The molecule has 1 heterocycles. The molecule has 0 bridgehead atoms. The van der Waals surface area contributed by atoms with Crippen molar-refractivity contribution >= 4 is 35.0 Å². The van der Waals surface area contributed by atoms with E-state index in [-0.39, 0.29) is 29.8 Å². The van der Waals surface area contributed by atoms with Crippen molar-refractivity contribution in [3.05, 3.63) is 65.7 Å². The number of hydrogen-bond donors (Lipinski definition) is 2. The van der Waals surface area contributed by atoms with E-state index >= 15 is 0 Å². The smallest absolute Gasteiger partial charge is 0.234 e. The molecule has 0 unspecified atom stereocenters. The average molecular weight is 428 g/mol. The zero-order valence-corrected chi connectivity index (χ0v) is 17.5. The Balaban J connectivity index is 1.57. The number of rotatable bonds is 8. The van der Waals surface area contributed by atoms with E-state index in [1.807, 2.05) is 38.1 Å². The molecule has 0 aliphatic rings. The average Bonchev–Trinajstić information content (AvgIpc) is 3.09. The van der Waals surface area contributed by atoms with Gasteiger partial charge in [0.15, 0.2) is 5.16 Å². The monoisotopic (exact) mass is 427 g/mol. The topological polar surface area (TPSA) is 88.9 Å². The van der Waals surface area contributed by atoms with Crippen LogP contribution in [0.4, 0.5) is 15.8 Å². The molecule has 0 atom stereocenters. The van der Waals surface area contributed by atoms with E-state index in [0.29, 0.717) is 23.2 Å². The molecule has 0 fully saturated rings. The van der Waals surface area contributed by atoms with Crippen molar-refractivity contribution in [1.29, 1.82) is 0 Å². The van der Waals surface area contributed by atoms with Crippen molar-refractivity contribution in [3.63, 3.8) is 0 Å². The largest absolute Gasteiger partial charge is 0.326 e. The van der Waals surface area contributed by atoms with Gasteiger partial charge in [0.05, 0.1) is 12.2 Å². The molecular weight excluding hydrogens is 405 g/mol. The van der Waals surface area contributed by atoms with Crippen LogP contribution in [0.1, 0.15) is 18.3 Å². The number of carbonyl (C=O) groups excluding carboxylic acids is 2. The summed E-state index contributed by atoms with van der Waals surface area (Å²) >= 11 is 1.26. The van der Waals surface area contributed by atoms with Gasteiger partial charge >= 0.3 is 0 Å². The van der Waals surface area contributed by atoms with Gasteiger partial charge in [-0.2, -0.15) is 0 Å². The number of aryl methyl sites for hydroxylation is 1. The fraction of sp³-hybridized carbons (Fsp3) is 0.238. The van der Waals surface area contributed by atoms with Crippen molar-refractivity contribution in [2.75, 3.05) is 16.4 Å². The number of nitrogens with one attached hydrogen (secondary N) is 2. The van der Waals surface area contributed by atoms with Crippen LogP contribution in [-0.4, -0.2) is 32.3 Å². The van der Waals surface area contributed by atoms with E-state index in [1.54, 1.807) is 4.57 Å². The Morgan fingerprint density at radius 2 is 1.77 bits per heavy atom. The lowest BCUT2D eigenvalue weighted by atomic mass is 10.2. The van der Waals surface area contributed by atoms with E-state index in [1.165, 1.54) is 36.0 Å². The molecule has 0 saturated heterocycles. The summed E-state index contributed by atoms with van der Waals surface area (Å²) in [6.45, 7) is 4.44. The fourth-order valence-electron chi connectivity index (χ4n) is 2.81. The first-order valence-corrected chi connectivity index (χ1v) is 10.4. The van der Waals surface area contributed by atoms with Crippen molar-refractivity contribution in [2.45, 2.75) is 32.0 Å². The molecule has 9 heteroatoms. The van der Waals surface area contributed by atoms with Crippen LogP contribution in [-0.2, 0) is 22.6 Å². The van der Waals surface area contributed by atoms with Crippen molar-refractivity contribution in [2.24, 2.45) is 0 Å². The molecule has 0 aliphatic carbocycles. The van der Waals surface area contributed by atoms with Crippen molar-refractivity contribution in [1.82, 2.24) is 14.8 Å². The number of aromatic nitrogens is 3. The van der Waals surface area contributed by atoms with Crippen LogP contribution in [0, 0.1) is 12.7 Å². The van der Waals surface area contributed by atoms with E-state index < -0.39 is 0 Å². The quantitative estimate of drug-likeness (QED) is 0.536. The van der Waals surface area contributed by atoms with Gasteiger partial charge in [-0.3, -0.25) is 9.59 Å². The minimum Gasteiger partial charge on any atom is -0.326 e. The lowest BCUT2D eigenvalue weighted by Crippen LogP contribution is -2.18. The van der Waals surface area contributed by atoms with Crippen molar-refractivity contribution in [3.8, 4) is 0 Å². The summed E-state index contributed by atoms with van der Waals surface area (Å²) in [5.41, 5.74) is 2.32. The van der Waals surface area contributed by atoms with Gasteiger partial charge in [-0.1, -0.05) is 23.9 Å². The number of amides is 2. The van der Waals surface area contributed by atoms with E-state index in [2.05, 4.69) is 20.8 Å². The lowest BCUT2D eigenvalue weighted by molar-refractivity contribution is -0.116. The number of halogens is 1. The van der Waals surface area contributed by atoms with Crippen LogP contribution >= 0.6 is 11.8 Å². The van der Waals surface area contributed by atoms with Crippen LogP contribution in [0.15, 0.2) is 53.7 Å². The molecular formula is C21H22FN5O2S. The second-order valence-electron chi connectivity index (χ2n) is 6.58. The third-order valence-electron chi connectivity index (χ3n) is 4.19. The Kier molecular flexibility index (Phi) is 7.18. The summed E-state index contributed by atoms with van der Waals surface area (Å²) in [7, 11) is 0. The molecule has 1 aromatic heterocycles. The maximum Gasteiger partial charge on any atom is 0.234 e. The third kappa shape index (κ3) is 5.90. The molecule has 0 saturated carbocycles. The number of thioether (sulfide) groups is 1. The minimum atomic E-state index is -0.369. The molecule has 2 N–H and O–H groups in total. The number of nitrogens with zero attached hydrogens (tertiary/aromatic N) is 3. The van der Waals surface area contributed by atoms with Gasteiger partial charge in [0, 0.05) is 17.9 Å². The van der Waals surface area contributed by atoms with Gasteiger partial charge < -0.3 is 15.2 Å². The molecule has 3 aromatic rings. The molecule has 0 aliphatic heterocycles. The second-order valence-corrected chi connectivity index (χ2v) is 7.52. The Morgan fingerprint density at radius 1 is 1.03 bits per heavy atom. The summed E-state index contributed by atoms with van der Waals surface area (Å²) in [4.78, 5) is 24.5. The predicted octanol–water partition coefficient (Wildman–Crippen LogP) is 3.66.